The molecule has 10 heterocycles. The van der Waals surface area contributed by atoms with Gasteiger partial charge in [-0.1, -0.05) is 55.8 Å². The number of pyridine rings is 1. The van der Waals surface area contributed by atoms with Crippen LogP contribution in [0.15, 0.2) is 93.6 Å². The molecule has 1 saturated carbocycles. The third-order valence-corrected chi connectivity index (χ3v) is 23.8. The lowest BCUT2D eigenvalue weighted by molar-refractivity contribution is -0.143. The van der Waals surface area contributed by atoms with Gasteiger partial charge in [-0.2, -0.15) is 0 Å². The minimum absolute atomic E-state index is 0.0127. The lowest BCUT2D eigenvalue weighted by atomic mass is 9.86. The first-order valence-corrected chi connectivity index (χ1v) is 37.5. The SMILES string of the molecule is Cc1sc2nc1C(=O)C[C@@H]([C@H](O)c1ccccc1)c1nc(cs1)C(=O)N[C@@H](Cc1ccc(OCCN3CCCCC3)cc1)C(=O)N1C[C@H](O)[C@H](C)[C@H]1c1nc(cs1)-c1nc(cs1)-c1nc(-c3nc(C(=O)NC4CCC(C(=O)O)CC4)cs3)ccc1-c1nc(cs1)C(=O)N[C@H]2CC(N)=O. The molecule has 508 valence electrons. The van der Waals surface area contributed by atoms with Gasteiger partial charge in [0.1, 0.15) is 83.3 Å². The summed E-state index contributed by atoms with van der Waals surface area (Å²) in [7, 11) is 0. The molecule has 0 spiro atoms. The summed E-state index contributed by atoms with van der Waals surface area (Å²) in [6, 6.07) is 16.4. The maximum atomic E-state index is 15.5. The van der Waals surface area contributed by atoms with Crippen LogP contribution in [0.4, 0.5) is 0 Å². The second kappa shape index (κ2) is 29.9. The Kier molecular flexibility index (Phi) is 20.8. The Morgan fingerprint density at radius 2 is 1.37 bits per heavy atom. The van der Waals surface area contributed by atoms with Crippen LogP contribution < -0.4 is 26.4 Å². The molecule has 9 aromatic rings. The van der Waals surface area contributed by atoms with Gasteiger partial charge in [0, 0.05) is 81.1 Å². The van der Waals surface area contributed by atoms with Crippen LogP contribution in [0.2, 0.25) is 0 Å². The number of Topliss-reactive ketones (excluding diaryl/α,β-unsaturated/α-hetero) is 1. The second-order valence-electron chi connectivity index (χ2n) is 24.9. The van der Waals surface area contributed by atoms with Gasteiger partial charge in [-0.05, 0) is 93.9 Å². The number of benzene rings is 2. The fraction of sp³-hybridized carbons (Fsp3) is 0.382. The third-order valence-electron chi connectivity index (χ3n) is 18.3. The van der Waals surface area contributed by atoms with Gasteiger partial charge in [-0.25, -0.2) is 34.9 Å². The number of hydrogen-bond acceptors (Lipinski definition) is 24. The van der Waals surface area contributed by atoms with E-state index in [1.165, 1.54) is 58.7 Å². The summed E-state index contributed by atoms with van der Waals surface area (Å²) in [6.45, 7) is 6.87. The Labute approximate surface area is 586 Å². The number of aliphatic hydroxyl groups excluding tert-OH is 2. The van der Waals surface area contributed by atoms with Crippen LogP contribution >= 0.6 is 68.0 Å². The summed E-state index contributed by atoms with van der Waals surface area (Å²) in [5.41, 5.74) is 9.26. The van der Waals surface area contributed by atoms with Crippen LogP contribution in [0.3, 0.4) is 0 Å². The van der Waals surface area contributed by atoms with E-state index in [0.29, 0.717) is 102 Å². The minimum Gasteiger partial charge on any atom is -0.492 e. The molecular formula is C68H69N13O11S6. The number of likely N-dealkylation sites (tertiary alicyclic amines) is 1. The number of carbonyl (C=O) groups is 7. The van der Waals surface area contributed by atoms with Gasteiger partial charge in [0.2, 0.25) is 11.8 Å². The van der Waals surface area contributed by atoms with Crippen LogP contribution in [0, 0.1) is 18.8 Å². The van der Waals surface area contributed by atoms with Gasteiger partial charge in [0.25, 0.3) is 17.7 Å². The van der Waals surface area contributed by atoms with E-state index in [4.69, 9.17) is 45.4 Å². The van der Waals surface area contributed by atoms with Crippen molar-refractivity contribution in [2.45, 2.75) is 120 Å². The van der Waals surface area contributed by atoms with Crippen molar-refractivity contribution in [3.05, 3.63) is 147 Å². The molecular weight excluding hydrogens is 1370 g/mol. The normalized spacial score (nSPS) is 22.1. The van der Waals surface area contributed by atoms with Gasteiger partial charge in [0.05, 0.1) is 47.3 Å². The zero-order valence-corrected chi connectivity index (χ0v) is 58.1. The van der Waals surface area contributed by atoms with E-state index in [1.54, 1.807) is 65.0 Å². The minimum atomic E-state index is -1.30. The average molecular weight is 1440 g/mol. The number of hydrogen-bond donors (Lipinski definition) is 7. The highest BCUT2D eigenvalue weighted by Gasteiger charge is 2.46. The van der Waals surface area contributed by atoms with Crippen LogP contribution in [0.5, 0.6) is 5.75 Å². The molecule has 0 radical (unpaired) electrons. The fourth-order valence-corrected chi connectivity index (χ4v) is 18.3. The topological polar surface area (TPSA) is 348 Å². The summed E-state index contributed by atoms with van der Waals surface area (Å²) in [6.07, 6.45) is 2.59. The average Bonchev–Trinajstić information content (AvgIpc) is 1.61. The number of aliphatic hydroxyl groups is 2. The van der Waals surface area contributed by atoms with Gasteiger partial charge in [-0.15, -0.1) is 68.0 Å². The molecule has 0 unspecified atom stereocenters. The Balaban J connectivity index is 0.863. The predicted octanol–water partition coefficient (Wildman–Crippen LogP) is 9.71. The van der Waals surface area contributed by atoms with Crippen LogP contribution in [0.25, 0.3) is 43.4 Å². The molecule has 10 bridgehead atoms. The Morgan fingerprint density at radius 3 is 2.12 bits per heavy atom. The third kappa shape index (κ3) is 15.2. The summed E-state index contributed by atoms with van der Waals surface area (Å²) in [4.78, 5) is 136. The van der Waals surface area contributed by atoms with Crippen molar-refractivity contribution in [1.82, 2.24) is 60.6 Å². The number of thiazole rings is 6. The number of nitrogens with two attached hydrogens (primary N) is 1. The first kappa shape index (κ1) is 68.1. The Hall–Kier alpha value is -8.46. The van der Waals surface area contributed by atoms with Crippen molar-refractivity contribution in [3.8, 4) is 49.1 Å². The number of aliphatic carboxylic acids is 1. The molecule has 2 saturated heterocycles. The molecule has 1 aliphatic carbocycles. The summed E-state index contributed by atoms with van der Waals surface area (Å²) >= 11 is 7.12. The van der Waals surface area contributed by atoms with E-state index < -0.39 is 89.4 Å². The highest BCUT2D eigenvalue weighted by Crippen LogP contribution is 2.44. The van der Waals surface area contributed by atoms with E-state index in [9.17, 15) is 44.1 Å². The van der Waals surface area contributed by atoms with Crippen molar-refractivity contribution in [3.63, 3.8) is 0 Å². The van der Waals surface area contributed by atoms with Gasteiger partial charge in [0.15, 0.2) is 5.78 Å². The smallest absolute Gasteiger partial charge is 0.306 e. The number of carboxylic acids is 1. The van der Waals surface area contributed by atoms with Crippen molar-refractivity contribution < 1.29 is 53.6 Å². The van der Waals surface area contributed by atoms with Gasteiger partial charge >= 0.3 is 5.97 Å². The quantitative estimate of drug-likeness (QED) is 0.0532. The fourth-order valence-electron chi connectivity index (χ4n) is 12.9. The van der Waals surface area contributed by atoms with E-state index in [1.807, 2.05) is 41.9 Å². The number of nitrogens with zero attached hydrogens (tertiary/aromatic N) is 9. The van der Waals surface area contributed by atoms with Gasteiger partial charge < -0.3 is 46.6 Å². The maximum absolute atomic E-state index is 15.5. The number of piperidine rings is 1. The molecule has 2 aromatic carbocycles. The number of carboxylic acid groups (broad SMARTS) is 1. The number of ketones is 1. The van der Waals surface area contributed by atoms with Crippen molar-refractivity contribution in [2.24, 2.45) is 17.6 Å². The molecule has 7 atom stereocenters. The lowest BCUT2D eigenvalue weighted by Gasteiger charge is -2.29. The molecule has 13 rings (SSSR count). The standard InChI is InChI=1S/C68H69N13O11S6/c1-34-52(83)28-81-56(34)66-78-50(33-97-66)64-74-46(29-95-64)55-41(19-20-43(71-55)63-77-47(32-96-63)58(86)70-39-15-13-38(14-16-39)68(90)91)61-75-48(30-93-61)59(87)72-44(27-53(69)84)65-79-54(35(2)98-65)51(82)26-42(57(85)37-9-5-3-6-10-37)62-76-49(31-94-62)60(88)73-45(67(81)89)25-36-11-17-40(18-12-36)92-24-23-80-21-7-4-8-22-80/h3,5-6,9-12,17-20,29-34,38-39,42,44-45,52,56-57,83,85H,4,7-8,13-16,21-28H2,1-2H3,(H2,69,84)(H,70,86)(H,72,87)(H,73,88)(H,90,91)/t34-,38?,39?,42-,44-,45-,52-,56-,57+/m0/s1. The molecule has 3 aliphatic heterocycles. The first-order chi connectivity index (χ1) is 47.4. The zero-order chi connectivity index (χ0) is 68.3. The molecule has 98 heavy (non-hydrogen) atoms. The first-order valence-electron chi connectivity index (χ1n) is 32.3. The maximum Gasteiger partial charge on any atom is 0.306 e. The Morgan fingerprint density at radius 1 is 0.704 bits per heavy atom. The zero-order valence-electron chi connectivity index (χ0n) is 53.2. The number of fused-ring (bicyclic) bond motifs is 16. The number of ether oxygens (including phenoxy) is 1. The van der Waals surface area contributed by atoms with Crippen molar-refractivity contribution >= 4 is 109 Å². The number of amides is 5. The molecule has 5 amide bonds. The molecule has 3 fully saturated rings. The molecule has 8 N–H and O–H groups in total. The van der Waals surface area contributed by atoms with E-state index in [0.717, 1.165) is 53.6 Å². The molecule has 4 aliphatic rings. The van der Waals surface area contributed by atoms with Crippen molar-refractivity contribution in [2.75, 3.05) is 32.8 Å². The van der Waals surface area contributed by atoms with Crippen molar-refractivity contribution in [1.29, 1.82) is 0 Å². The molecule has 24 nitrogen and oxygen atoms in total. The monoisotopic (exact) mass is 1440 g/mol. The number of primary amides is 1. The number of nitrogens with one attached hydrogen (secondary N) is 3. The van der Waals surface area contributed by atoms with E-state index in [-0.39, 0.29) is 64.6 Å². The number of rotatable bonds is 14. The number of aryl methyl sites for hydroxylation is 1. The lowest BCUT2D eigenvalue weighted by Crippen LogP contribution is -2.50. The molecule has 30 heteroatoms. The highest BCUT2D eigenvalue weighted by atomic mass is 32.1. The molecule has 7 aromatic heterocycles. The summed E-state index contributed by atoms with van der Waals surface area (Å²) in [5, 5.41) is 52.9. The van der Waals surface area contributed by atoms with Crippen LogP contribution in [-0.4, -0.2) is 152 Å². The van der Waals surface area contributed by atoms with Crippen LogP contribution in [0.1, 0.15) is 162 Å². The highest BCUT2D eigenvalue weighted by molar-refractivity contribution is 7.15. The number of carbonyl (C=O) groups excluding carboxylic acids is 6. The number of aromatic nitrogens is 7. The largest absolute Gasteiger partial charge is 0.492 e. The van der Waals surface area contributed by atoms with E-state index >= 15 is 4.79 Å². The summed E-state index contributed by atoms with van der Waals surface area (Å²) in [5.74, 6) is -5.63. The second-order valence-corrected chi connectivity index (χ2v) is 30.5. The summed E-state index contributed by atoms with van der Waals surface area (Å²) < 4.78 is 6.16. The van der Waals surface area contributed by atoms with E-state index in [2.05, 4.69) is 20.9 Å². The predicted molar refractivity (Wildman–Crippen MR) is 372 cm³/mol. The van der Waals surface area contributed by atoms with Gasteiger partial charge in [-0.3, -0.25) is 38.5 Å². The van der Waals surface area contributed by atoms with Crippen LogP contribution in [-0.2, 0) is 20.8 Å². The Bertz CT molecular complexity index is 4420.